The molecule has 2 atom stereocenters. The lowest BCUT2D eigenvalue weighted by Gasteiger charge is -2.28. The number of aromatic amines is 1. The Hall–Kier alpha value is -4.10. The number of rotatable bonds is 7. The van der Waals surface area contributed by atoms with Crippen LogP contribution in [-0.2, 0) is 32.1 Å². The Morgan fingerprint density at radius 1 is 1.33 bits per heavy atom. The lowest BCUT2D eigenvalue weighted by molar-refractivity contribution is -0.139. The summed E-state index contributed by atoms with van der Waals surface area (Å²) < 4.78 is 5.15. The van der Waals surface area contributed by atoms with Gasteiger partial charge in [0, 0.05) is 12.6 Å². The smallest absolute Gasteiger partial charge is 0.408 e. The zero-order valence-electron chi connectivity index (χ0n) is 18.2. The number of hydrogen-bond donors (Lipinski definition) is 4. The van der Waals surface area contributed by atoms with E-state index in [0.717, 1.165) is 4.90 Å². The molecule has 176 valence electrons. The number of tetrazole rings is 1. The molecule has 0 spiro atoms. The summed E-state index contributed by atoms with van der Waals surface area (Å²) in [6.45, 7) is 4.86. The minimum Gasteiger partial charge on any atom is -0.481 e. The van der Waals surface area contributed by atoms with Crippen molar-refractivity contribution in [1.29, 1.82) is 0 Å². The Morgan fingerprint density at radius 2 is 2.09 bits per heavy atom. The second-order valence-corrected chi connectivity index (χ2v) is 8.26. The second-order valence-electron chi connectivity index (χ2n) is 8.26. The van der Waals surface area contributed by atoms with E-state index in [1.54, 1.807) is 32.9 Å². The first-order valence-corrected chi connectivity index (χ1v) is 10.0. The molecule has 1 aliphatic heterocycles. The number of aromatic nitrogens is 5. The van der Waals surface area contributed by atoms with Crippen LogP contribution in [-0.4, -0.2) is 72.3 Å². The highest BCUT2D eigenvalue weighted by Gasteiger charge is 2.43. The van der Waals surface area contributed by atoms with Crippen molar-refractivity contribution in [1.82, 2.24) is 36.2 Å². The number of carbonyl (C=O) groups excluding carboxylic acids is 3. The number of nitrogens with zero attached hydrogens (tertiary/aromatic N) is 5. The Bertz CT molecular complexity index is 1040. The molecule has 0 bridgehead atoms. The molecule has 0 radical (unpaired) electrons. The molecule has 0 aromatic carbocycles. The van der Waals surface area contributed by atoms with Crippen molar-refractivity contribution in [2.75, 3.05) is 4.90 Å². The van der Waals surface area contributed by atoms with Crippen LogP contribution in [0.4, 0.5) is 10.6 Å². The summed E-state index contributed by atoms with van der Waals surface area (Å²) in [4.78, 5) is 55.3. The van der Waals surface area contributed by atoms with Crippen molar-refractivity contribution < 1.29 is 29.0 Å². The van der Waals surface area contributed by atoms with Gasteiger partial charge in [-0.15, -0.1) is 10.2 Å². The van der Waals surface area contributed by atoms with Crippen molar-refractivity contribution >= 4 is 29.7 Å². The maximum Gasteiger partial charge on any atom is 0.408 e. The number of aliphatic carboxylic acids is 1. The lowest BCUT2D eigenvalue weighted by Crippen LogP contribution is -2.56. The summed E-state index contributed by atoms with van der Waals surface area (Å²) in [6, 6.07) is 0.862. The van der Waals surface area contributed by atoms with Gasteiger partial charge in [0.05, 0.1) is 13.0 Å². The molecule has 3 heterocycles. The van der Waals surface area contributed by atoms with E-state index in [9.17, 15) is 24.3 Å². The Morgan fingerprint density at radius 3 is 2.73 bits per heavy atom. The Balaban J connectivity index is 1.84. The fourth-order valence-corrected chi connectivity index (χ4v) is 3.26. The molecule has 1 aliphatic rings. The van der Waals surface area contributed by atoms with E-state index in [2.05, 4.69) is 36.2 Å². The average Bonchev–Trinajstić information content (AvgIpc) is 3.37. The molecular formula is C19H24N8O6. The van der Waals surface area contributed by atoms with Crippen LogP contribution < -0.4 is 15.5 Å². The minimum absolute atomic E-state index is 0.0354. The number of H-pyrrole nitrogens is 1. The van der Waals surface area contributed by atoms with Crippen LogP contribution in [0.15, 0.2) is 18.3 Å². The summed E-state index contributed by atoms with van der Waals surface area (Å²) in [6.07, 6.45) is -0.0695. The molecule has 3 amide bonds. The predicted octanol–water partition coefficient (Wildman–Crippen LogP) is -0.463. The zero-order chi connectivity index (χ0) is 24.2. The van der Waals surface area contributed by atoms with Crippen LogP contribution in [0.5, 0.6) is 0 Å². The summed E-state index contributed by atoms with van der Waals surface area (Å²) in [5.41, 5.74) is -0.239. The van der Waals surface area contributed by atoms with Crippen LogP contribution in [0.25, 0.3) is 0 Å². The maximum absolute atomic E-state index is 13.4. The molecule has 33 heavy (non-hydrogen) atoms. The summed E-state index contributed by atoms with van der Waals surface area (Å²) >= 11 is 0. The molecular weight excluding hydrogens is 436 g/mol. The van der Waals surface area contributed by atoms with E-state index in [0.29, 0.717) is 5.56 Å². The maximum atomic E-state index is 13.4. The number of amides is 3. The van der Waals surface area contributed by atoms with Gasteiger partial charge in [-0.2, -0.15) is 5.21 Å². The van der Waals surface area contributed by atoms with E-state index in [-0.39, 0.29) is 24.6 Å². The number of carbonyl (C=O) groups is 4. The summed E-state index contributed by atoms with van der Waals surface area (Å²) in [7, 11) is 0. The van der Waals surface area contributed by atoms with Gasteiger partial charge >= 0.3 is 12.1 Å². The molecule has 2 aromatic rings. The van der Waals surface area contributed by atoms with E-state index in [4.69, 9.17) is 4.74 Å². The number of ether oxygens (including phenoxy) is 1. The first-order chi connectivity index (χ1) is 15.5. The third kappa shape index (κ3) is 5.99. The van der Waals surface area contributed by atoms with E-state index in [1.165, 1.54) is 6.20 Å². The van der Waals surface area contributed by atoms with Crippen LogP contribution in [0, 0.1) is 0 Å². The third-order valence-corrected chi connectivity index (χ3v) is 4.54. The number of alkyl carbamates (subject to hydrolysis) is 1. The SMILES string of the molecule is CC(C)(C)OC(=O)NC(CC(=O)O)C(=O)N1c2ncccc2C[C@H]1C(=O)NCc1nn[nH]n1. The summed E-state index contributed by atoms with van der Waals surface area (Å²) in [5, 5.41) is 27.4. The average molecular weight is 460 g/mol. The molecule has 0 aliphatic carbocycles. The normalized spacial score (nSPS) is 16.0. The summed E-state index contributed by atoms with van der Waals surface area (Å²) in [5.74, 6) is -2.20. The van der Waals surface area contributed by atoms with E-state index >= 15 is 0 Å². The largest absolute Gasteiger partial charge is 0.481 e. The third-order valence-electron chi connectivity index (χ3n) is 4.54. The number of carboxylic acids is 1. The number of fused-ring (bicyclic) bond motifs is 1. The highest BCUT2D eigenvalue weighted by molar-refractivity contribution is 6.06. The monoisotopic (exact) mass is 460 g/mol. The van der Waals surface area contributed by atoms with E-state index in [1.807, 2.05) is 0 Å². The number of carboxylic acid groups (broad SMARTS) is 1. The molecule has 3 rings (SSSR count). The minimum atomic E-state index is -1.49. The highest BCUT2D eigenvalue weighted by atomic mass is 16.6. The topological polar surface area (TPSA) is 192 Å². The fourth-order valence-electron chi connectivity index (χ4n) is 3.26. The van der Waals surface area contributed by atoms with Crippen LogP contribution >= 0.6 is 0 Å². The molecule has 0 saturated carbocycles. The van der Waals surface area contributed by atoms with Crippen LogP contribution in [0.2, 0.25) is 0 Å². The highest BCUT2D eigenvalue weighted by Crippen LogP contribution is 2.31. The molecule has 0 saturated heterocycles. The van der Waals surface area contributed by atoms with Gasteiger partial charge in [-0.3, -0.25) is 19.3 Å². The molecule has 2 aromatic heterocycles. The molecule has 14 heteroatoms. The van der Waals surface area contributed by atoms with Crippen molar-refractivity contribution in [3.8, 4) is 0 Å². The van der Waals surface area contributed by atoms with Crippen molar-refractivity contribution in [2.24, 2.45) is 0 Å². The van der Waals surface area contributed by atoms with Gasteiger partial charge < -0.3 is 20.5 Å². The van der Waals surface area contributed by atoms with Gasteiger partial charge in [0.1, 0.15) is 23.5 Å². The zero-order valence-corrected chi connectivity index (χ0v) is 18.2. The predicted molar refractivity (Wildman–Crippen MR) is 111 cm³/mol. The van der Waals surface area contributed by atoms with Crippen LogP contribution in [0.1, 0.15) is 38.6 Å². The molecule has 1 unspecified atom stereocenters. The van der Waals surface area contributed by atoms with Crippen molar-refractivity contribution in [3.63, 3.8) is 0 Å². The Kier molecular flexibility index (Phi) is 6.84. The van der Waals surface area contributed by atoms with Crippen molar-refractivity contribution in [2.45, 2.75) is 57.8 Å². The first kappa shape index (κ1) is 23.6. The van der Waals surface area contributed by atoms with Gasteiger partial charge in [-0.1, -0.05) is 11.3 Å². The number of pyridine rings is 1. The van der Waals surface area contributed by atoms with Gasteiger partial charge in [0.2, 0.25) is 5.91 Å². The molecule has 14 nitrogen and oxygen atoms in total. The van der Waals surface area contributed by atoms with Gasteiger partial charge in [0.15, 0.2) is 5.82 Å². The number of anilines is 1. The quantitative estimate of drug-likeness (QED) is 0.420. The van der Waals surface area contributed by atoms with Crippen molar-refractivity contribution in [3.05, 3.63) is 29.7 Å². The Labute approximate surface area is 188 Å². The molecule has 4 N–H and O–H groups in total. The fraction of sp³-hybridized carbons (Fsp3) is 0.474. The number of hydrogen-bond acceptors (Lipinski definition) is 9. The van der Waals surface area contributed by atoms with Crippen LogP contribution in [0.3, 0.4) is 0 Å². The van der Waals surface area contributed by atoms with E-state index < -0.39 is 48.0 Å². The van der Waals surface area contributed by atoms with Gasteiger partial charge in [-0.25, -0.2) is 9.78 Å². The first-order valence-electron chi connectivity index (χ1n) is 10.0. The second kappa shape index (κ2) is 9.58. The number of nitrogens with one attached hydrogen (secondary N) is 3. The van der Waals surface area contributed by atoms with Gasteiger partial charge in [-0.05, 0) is 32.4 Å². The van der Waals surface area contributed by atoms with Gasteiger partial charge in [0.25, 0.3) is 5.91 Å². The lowest BCUT2D eigenvalue weighted by atomic mass is 10.1. The standard InChI is InChI=1S/C19H24N8O6/c1-19(2,3)33-18(32)22-11(8-14(28)29)17(31)27-12(7-10-5-4-6-20-15(10)27)16(30)21-9-13-23-25-26-24-13/h4-6,11-12H,7-9H2,1-3H3,(H,21,30)(H,22,32)(H,28,29)(H,23,24,25,26)/t11?,12-/m0/s1. The molecule has 0 fully saturated rings.